The zero-order chi connectivity index (χ0) is 12.9. The second-order valence-corrected chi connectivity index (χ2v) is 4.22. The number of epoxide rings is 1. The average Bonchev–Trinajstić information content (AvgIpc) is 3.19. The van der Waals surface area contributed by atoms with Gasteiger partial charge in [0, 0.05) is 6.61 Å². The summed E-state index contributed by atoms with van der Waals surface area (Å²) in [4.78, 5) is 0. The van der Waals surface area contributed by atoms with E-state index in [0.717, 1.165) is 19.6 Å². The summed E-state index contributed by atoms with van der Waals surface area (Å²) in [7, 11) is 0. The van der Waals surface area contributed by atoms with Crippen molar-refractivity contribution in [1.29, 1.82) is 0 Å². The van der Waals surface area contributed by atoms with Crippen molar-refractivity contribution in [2.75, 3.05) is 59.5 Å². The molecule has 0 radical (unpaired) electrons. The lowest BCUT2D eigenvalue weighted by Gasteiger charge is -2.06. The van der Waals surface area contributed by atoms with Crippen LogP contribution in [0.4, 0.5) is 0 Å². The molecule has 0 bridgehead atoms. The maximum atomic E-state index is 5.36. The van der Waals surface area contributed by atoms with Gasteiger partial charge in [-0.3, -0.25) is 0 Å². The maximum Gasteiger partial charge on any atom is 0.104 e. The van der Waals surface area contributed by atoms with Gasteiger partial charge in [0.1, 0.15) is 6.10 Å². The molecule has 1 saturated heterocycles. The Kier molecular flexibility index (Phi) is 10.5. The molecule has 0 N–H and O–H groups in total. The van der Waals surface area contributed by atoms with E-state index in [4.69, 9.17) is 23.7 Å². The van der Waals surface area contributed by atoms with Crippen LogP contribution in [-0.2, 0) is 23.7 Å². The van der Waals surface area contributed by atoms with Crippen molar-refractivity contribution in [1.82, 2.24) is 0 Å². The Balaban J connectivity index is 1.60. The molecule has 1 atom stereocenters. The molecule has 0 aromatic carbocycles. The zero-order valence-corrected chi connectivity index (χ0v) is 11.4. The van der Waals surface area contributed by atoms with Crippen LogP contribution in [0.3, 0.4) is 0 Å². The van der Waals surface area contributed by atoms with E-state index in [1.807, 2.05) is 0 Å². The van der Waals surface area contributed by atoms with Gasteiger partial charge in [0.05, 0.1) is 52.9 Å². The molecule has 5 heteroatoms. The minimum Gasteiger partial charge on any atom is -0.379 e. The van der Waals surface area contributed by atoms with E-state index in [-0.39, 0.29) is 0 Å². The molecule has 1 aliphatic rings. The summed E-state index contributed by atoms with van der Waals surface area (Å²) in [5.74, 6) is 0. The normalized spacial score (nSPS) is 18.2. The van der Waals surface area contributed by atoms with Gasteiger partial charge in [0.25, 0.3) is 0 Å². The SMILES string of the molecule is CCCCOCCOCCOCCOCC1CO1. The van der Waals surface area contributed by atoms with Crippen LogP contribution >= 0.6 is 0 Å². The summed E-state index contributed by atoms with van der Waals surface area (Å²) in [6, 6.07) is 0. The van der Waals surface area contributed by atoms with Crippen molar-refractivity contribution < 1.29 is 23.7 Å². The van der Waals surface area contributed by atoms with Crippen molar-refractivity contribution >= 4 is 0 Å². The molecule has 0 aromatic rings. The summed E-state index contributed by atoms with van der Waals surface area (Å²) < 4.78 is 26.4. The first kappa shape index (κ1) is 15.9. The molecular formula is C13H26O5. The average molecular weight is 262 g/mol. The van der Waals surface area contributed by atoms with Crippen molar-refractivity contribution in [2.24, 2.45) is 0 Å². The number of hydrogen-bond acceptors (Lipinski definition) is 5. The molecule has 18 heavy (non-hydrogen) atoms. The van der Waals surface area contributed by atoms with Gasteiger partial charge in [-0.25, -0.2) is 0 Å². The minimum absolute atomic E-state index is 0.334. The Hall–Kier alpha value is -0.200. The van der Waals surface area contributed by atoms with Gasteiger partial charge in [-0.2, -0.15) is 0 Å². The van der Waals surface area contributed by atoms with Gasteiger partial charge in [-0.15, -0.1) is 0 Å². The summed E-state index contributed by atoms with van der Waals surface area (Å²) in [6.45, 7) is 8.29. The lowest BCUT2D eigenvalue weighted by Crippen LogP contribution is -2.13. The highest BCUT2D eigenvalue weighted by Gasteiger charge is 2.21. The predicted molar refractivity (Wildman–Crippen MR) is 67.9 cm³/mol. The Morgan fingerprint density at radius 2 is 1.33 bits per heavy atom. The predicted octanol–water partition coefficient (Wildman–Crippen LogP) is 1.25. The number of unbranched alkanes of at least 4 members (excludes halogenated alkanes) is 1. The molecule has 1 aliphatic heterocycles. The van der Waals surface area contributed by atoms with Crippen molar-refractivity contribution in [3.63, 3.8) is 0 Å². The molecule has 0 spiro atoms. The summed E-state index contributed by atoms with van der Waals surface area (Å²) >= 11 is 0. The Morgan fingerprint density at radius 3 is 1.83 bits per heavy atom. The number of hydrogen-bond donors (Lipinski definition) is 0. The molecule has 0 aliphatic carbocycles. The largest absolute Gasteiger partial charge is 0.379 e. The van der Waals surface area contributed by atoms with E-state index in [0.29, 0.717) is 52.4 Å². The Morgan fingerprint density at radius 1 is 0.833 bits per heavy atom. The highest BCUT2D eigenvalue weighted by atomic mass is 16.6. The molecule has 0 amide bonds. The monoisotopic (exact) mass is 262 g/mol. The van der Waals surface area contributed by atoms with E-state index >= 15 is 0 Å². The van der Waals surface area contributed by atoms with E-state index in [1.165, 1.54) is 6.42 Å². The fourth-order valence-electron chi connectivity index (χ4n) is 1.29. The van der Waals surface area contributed by atoms with Gasteiger partial charge in [-0.1, -0.05) is 13.3 Å². The maximum absolute atomic E-state index is 5.36. The lowest BCUT2D eigenvalue weighted by atomic mass is 10.4. The molecule has 1 rings (SSSR count). The van der Waals surface area contributed by atoms with Gasteiger partial charge >= 0.3 is 0 Å². The van der Waals surface area contributed by atoms with E-state index in [9.17, 15) is 0 Å². The van der Waals surface area contributed by atoms with Crippen molar-refractivity contribution in [3.8, 4) is 0 Å². The molecule has 108 valence electrons. The summed E-state index contributed by atoms with van der Waals surface area (Å²) in [6.07, 6.45) is 2.62. The zero-order valence-electron chi connectivity index (χ0n) is 11.4. The lowest BCUT2D eigenvalue weighted by molar-refractivity contribution is -0.00345. The molecule has 0 saturated carbocycles. The number of rotatable bonds is 14. The van der Waals surface area contributed by atoms with Crippen LogP contribution in [0.2, 0.25) is 0 Å². The van der Waals surface area contributed by atoms with Crippen LogP contribution in [0.15, 0.2) is 0 Å². The Labute approximate surface area is 110 Å². The third-order valence-corrected chi connectivity index (χ3v) is 2.46. The molecular weight excluding hydrogens is 236 g/mol. The van der Waals surface area contributed by atoms with Crippen LogP contribution in [0.1, 0.15) is 19.8 Å². The second kappa shape index (κ2) is 11.9. The van der Waals surface area contributed by atoms with Crippen LogP contribution in [-0.4, -0.2) is 65.6 Å². The first-order chi connectivity index (χ1) is 8.93. The highest BCUT2D eigenvalue weighted by molar-refractivity contribution is 4.66. The van der Waals surface area contributed by atoms with Crippen molar-refractivity contribution in [2.45, 2.75) is 25.9 Å². The molecule has 1 heterocycles. The van der Waals surface area contributed by atoms with Crippen LogP contribution < -0.4 is 0 Å². The van der Waals surface area contributed by atoms with Gasteiger partial charge < -0.3 is 23.7 Å². The quantitative estimate of drug-likeness (QED) is 0.348. The number of ether oxygens (including phenoxy) is 5. The third-order valence-electron chi connectivity index (χ3n) is 2.46. The molecule has 0 aromatic heterocycles. The van der Waals surface area contributed by atoms with E-state index < -0.39 is 0 Å². The van der Waals surface area contributed by atoms with E-state index in [2.05, 4.69) is 6.92 Å². The van der Waals surface area contributed by atoms with Gasteiger partial charge in [0.15, 0.2) is 0 Å². The Bertz CT molecular complexity index is 173. The first-order valence-corrected chi connectivity index (χ1v) is 6.86. The minimum atomic E-state index is 0.334. The smallest absolute Gasteiger partial charge is 0.104 e. The fraction of sp³-hybridized carbons (Fsp3) is 1.00. The first-order valence-electron chi connectivity index (χ1n) is 6.86. The van der Waals surface area contributed by atoms with Gasteiger partial charge in [-0.05, 0) is 6.42 Å². The molecule has 5 nitrogen and oxygen atoms in total. The summed E-state index contributed by atoms with van der Waals surface area (Å²) in [5.41, 5.74) is 0. The van der Waals surface area contributed by atoms with E-state index in [1.54, 1.807) is 0 Å². The van der Waals surface area contributed by atoms with Gasteiger partial charge in [0.2, 0.25) is 0 Å². The van der Waals surface area contributed by atoms with Crippen LogP contribution in [0, 0.1) is 0 Å². The van der Waals surface area contributed by atoms with Crippen LogP contribution in [0.5, 0.6) is 0 Å². The highest BCUT2D eigenvalue weighted by Crippen LogP contribution is 2.07. The topological polar surface area (TPSA) is 49.5 Å². The van der Waals surface area contributed by atoms with Crippen LogP contribution in [0.25, 0.3) is 0 Å². The second-order valence-electron chi connectivity index (χ2n) is 4.22. The third kappa shape index (κ3) is 10.9. The molecule has 1 fully saturated rings. The standard InChI is InChI=1S/C13H26O5/c1-2-3-4-14-5-6-15-7-8-16-9-10-17-11-13-12-18-13/h13H,2-12H2,1H3. The van der Waals surface area contributed by atoms with Crippen molar-refractivity contribution in [3.05, 3.63) is 0 Å². The fourth-order valence-corrected chi connectivity index (χ4v) is 1.29. The molecule has 1 unspecified atom stereocenters. The summed E-state index contributed by atoms with van der Waals surface area (Å²) in [5, 5.41) is 0.